The van der Waals surface area contributed by atoms with Gasteiger partial charge in [-0.2, -0.15) is 4.99 Å². The SMILES string of the molecule is CSc1cccc(C2(N=C=O)CC2)c1SC. The van der Waals surface area contributed by atoms with Gasteiger partial charge in [-0.25, -0.2) is 4.79 Å². The van der Waals surface area contributed by atoms with E-state index in [1.807, 2.05) is 6.07 Å². The van der Waals surface area contributed by atoms with Gasteiger partial charge in [0.1, 0.15) is 0 Å². The van der Waals surface area contributed by atoms with Gasteiger partial charge < -0.3 is 0 Å². The Hall–Kier alpha value is -0.700. The van der Waals surface area contributed by atoms with Gasteiger partial charge in [0.15, 0.2) is 0 Å². The number of nitrogens with zero attached hydrogens (tertiary/aromatic N) is 1. The van der Waals surface area contributed by atoms with Gasteiger partial charge >= 0.3 is 0 Å². The van der Waals surface area contributed by atoms with Gasteiger partial charge in [-0.15, -0.1) is 23.5 Å². The zero-order valence-electron chi connectivity index (χ0n) is 9.32. The van der Waals surface area contributed by atoms with Crippen LogP contribution < -0.4 is 0 Å². The van der Waals surface area contributed by atoms with Crippen LogP contribution in [0.1, 0.15) is 18.4 Å². The molecule has 1 saturated carbocycles. The molecule has 1 aliphatic rings. The van der Waals surface area contributed by atoms with Crippen molar-refractivity contribution in [3.63, 3.8) is 0 Å². The normalized spacial score (nSPS) is 16.6. The van der Waals surface area contributed by atoms with Crippen molar-refractivity contribution in [1.82, 2.24) is 0 Å². The van der Waals surface area contributed by atoms with Crippen LogP contribution in [0.15, 0.2) is 33.0 Å². The largest absolute Gasteiger partial charge is 0.235 e. The maximum absolute atomic E-state index is 10.5. The lowest BCUT2D eigenvalue weighted by molar-refractivity contribution is 0.555. The third-order valence-corrected chi connectivity index (χ3v) is 4.64. The van der Waals surface area contributed by atoms with E-state index in [0.717, 1.165) is 12.8 Å². The number of aliphatic imine (C=N–C) groups is 1. The van der Waals surface area contributed by atoms with E-state index in [0.29, 0.717) is 0 Å². The Morgan fingerprint density at radius 2 is 2.06 bits per heavy atom. The molecule has 0 bridgehead atoms. The first kappa shape index (κ1) is 11.8. The van der Waals surface area contributed by atoms with E-state index in [2.05, 4.69) is 29.6 Å². The van der Waals surface area contributed by atoms with E-state index in [1.165, 1.54) is 15.4 Å². The molecule has 0 N–H and O–H groups in total. The van der Waals surface area contributed by atoms with Crippen molar-refractivity contribution >= 4 is 29.6 Å². The first-order valence-electron chi connectivity index (χ1n) is 5.08. The van der Waals surface area contributed by atoms with Crippen molar-refractivity contribution in [2.75, 3.05) is 12.5 Å². The van der Waals surface area contributed by atoms with Crippen molar-refractivity contribution in [1.29, 1.82) is 0 Å². The van der Waals surface area contributed by atoms with Crippen molar-refractivity contribution in [2.45, 2.75) is 28.2 Å². The van der Waals surface area contributed by atoms with Crippen LogP contribution in [0.5, 0.6) is 0 Å². The van der Waals surface area contributed by atoms with Gasteiger partial charge in [0.25, 0.3) is 0 Å². The summed E-state index contributed by atoms with van der Waals surface area (Å²) in [6.07, 6.45) is 7.79. The Kier molecular flexibility index (Phi) is 3.43. The summed E-state index contributed by atoms with van der Waals surface area (Å²) in [4.78, 5) is 17.0. The van der Waals surface area contributed by atoms with E-state index >= 15 is 0 Å². The number of carbonyl (C=O) groups excluding carboxylic acids is 1. The Balaban J connectivity index is 2.52. The van der Waals surface area contributed by atoms with Crippen LogP contribution in [-0.4, -0.2) is 18.6 Å². The molecule has 0 heterocycles. The second-order valence-electron chi connectivity index (χ2n) is 3.78. The number of thioether (sulfide) groups is 2. The van der Waals surface area contributed by atoms with Crippen LogP contribution >= 0.6 is 23.5 Å². The molecule has 1 aromatic rings. The van der Waals surface area contributed by atoms with Gasteiger partial charge in [-0.05, 0) is 37.0 Å². The van der Waals surface area contributed by atoms with Crippen molar-refractivity contribution < 1.29 is 4.79 Å². The van der Waals surface area contributed by atoms with Crippen LogP contribution in [0.4, 0.5) is 0 Å². The summed E-state index contributed by atoms with van der Waals surface area (Å²) in [5.74, 6) is 0. The fourth-order valence-corrected chi connectivity index (χ4v) is 3.66. The van der Waals surface area contributed by atoms with Crippen LogP contribution in [-0.2, 0) is 10.3 Å². The van der Waals surface area contributed by atoms with Gasteiger partial charge in [-0.3, -0.25) is 0 Å². The molecule has 0 amide bonds. The Morgan fingerprint density at radius 3 is 2.56 bits per heavy atom. The lowest BCUT2D eigenvalue weighted by Crippen LogP contribution is -2.04. The number of rotatable bonds is 4. The molecule has 0 unspecified atom stereocenters. The minimum absolute atomic E-state index is 0.258. The van der Waals surface area contributed by atoms with Gasteiger partial charge in [-0.1, -0.05) is 12.1 Å². The molecular formula is C12H13NOS2. The minimum Gasteiger partial charge on any atom is -0.211 e. The molecular weight excluding hydrogens is 238 g/mol. The predicted molar refractivity (Wildman–Crippen MR) is 69.0 cm³/mol. The lowest BCUT2D eigenvalue weighted by Gasteiger charge is -2.15. The zero-order chi connectivity index (χ0) is 11.6. The smallest absolute Gasteiger partial charge is 0.211 e. The molecule has 0 aromatic heterocycles. The van der Waals surface area contributed by atoms with Crippen molar-refractivity contribution in [3.8, 4) is 0 Å². The zero-order valence-corrected chi connectivity index (χ0v) is 11.0. The predicted octanol–water partition coefficient (Wildman–Crippen LogP) is 3.46. The lowest BCUT2D eigenvalue weighted by atomic mass is 10.1. The summed E-state index contributed by atoms with van der Waals surface area (Å²) in [5.41, 5.74) is 0.932. The fourth-order valence-electron chi connectivity index (χ4n) is 1.90. The summed E-state index contributed by atoms with van der Waals surface area (Å²) in [6, 6.07) is 6.24. The molecule has 1 aromatic carbocycles. The highest BCUT2D eigenvalue weighted by atomic mass is 32.2. The van der Waals surface area contributed by atoms with E-state index in [4.69, 9.17) is 0 Å². The molecule has 2 nitrogen and oxygen atoms in total. The van der Waals surface area contributed by atoms with Gasteiger partial charge in [0.05, 0.1) is 5.54 Å². The molecule has 0 atom stereocenters. The molecule has 0 saturated heterocycles. The standard InChI is InChI=1S/C12H13NOS2/c1-15-10-5-3-4-9(11(10)16-2)12(6-7-12)13-8-14/h3-5H,6-7H2,1-2H3. The summed E-state index contributed by atoms with van der Waals surface area (Å²) < 4.78 is 0. The summed E-state index contributed by atoms with van der Waals surface area (Å²) in [5, 5.41) is 0. The van der Waals surface area contributed by atoms with E-state index in [9.17, 15) is 4.79 Å². The molecule has 0 radical (unpaired) electrons. The monoisotopic (exact) mass is 251 g/mol. The topological polar surface area (TPSA) is 29.4 Å². The first-order chi connectivity index (χ1) is 7.77. The maximum atomic E-state index is 10.5. The first-order valence-corrected chi connectivity index (χ1v) is 7.53. The molecule has 4 heteroatoms. The molecule has 16 heavy (non-hydrogen) atoms. The fraction of sp³-hybridized carbons (Fsp3) is 0.417. The number of isocyanates is 1. The van der Waals surface area contributed by atoms with Crippen LogP contribution in [0.25, 0.3) is 0 Å². The Bertz CT molecular complexity index is 448. The van der Waals surface area contributed by atoms with Crippen molar-refractivity contribution in [3.05, 3.63) is 23.8 Å². The second-order valence-corrected chi connectivity index (χ2v) is 5.44. The van der Waals surface area contributed by atoms with Crippen LogP contribution in [0, 0.1) is 0 Å². The van der Waals surface area contributed by atoms with E-state index in [1.54, 1.807) is 29.6 Å². The highest BCUT2D eigenvalue weighted by molar-refractivity contribution is 8.01. The van der Waals surface area contributed by atoms with E-state index < -0.39 is 0 Å². The quantitative estimate of drug-likeness (QED) is 0.466. The summed E-state index contributed by atoms with van der Waals surface area (Å²) in [7, 11) is 0. The number of hydrogen-bond acceptors (Lipinski definition) is 4. The molecule has 0 aliphatic heterocycles. The Morgan fingerprint density at radius 1 is 1.31 bits per heavy atom. The number of benzene rings is 1. The molecule has 84 valence electrons. The van der Waals surface area contributed by atoms with Crippen LogP contribution in [0.3, 0.4) is 0 Å². The average molecular weight is 251 g/mol. The third-order valence-electron chi connectivity index (χ3n) is 2.89. The van der Waals surface area contributed by atoms with Gasteiger partial charge in [0.2, 0.25) is 6.08 Å². The van der Waals surface area contributed by atoms with Gasteiger partial charge in [0, 0.05) is 9.79 Å². The van der Waals surface area contributed by atoms with E-state index in [-0.39, 0.29) is 5.54 Å². The highest BCUT2D eigenvalue weighted by Gasteiger charge is 2.46. The minimum atomic E-state index is -0.258. The molecule has 0 spiro atoms. The molecule has 1 fully saturated rings. The Labute approximate surface area is 104 Å². The summed E-state index contributed by atoms with van der Waals surface area (Å²) in [6.45, 7) is 0. The maximum Gasteiger partial charge on any atom is 0.235 e. The summed E-state index contributed by atoms with van der Waals surface area (Å²) >= 11 is 3.46. The number of hydrogen-bond donors (Lipinski definition) is 0. The molecule has 1 aliphatic carbocycles. The third kappa shape index (κ3) is 1.93. The second kappa shape index (κ2) is 4.66. The van der Waals surface area contributed by atoms with Crippen molar-refractivity contribution in [2.24, 2.45) is 4.99 Å². The highest BCUT2D eigenvalue weighted by Crippen LogP contribution is 2.53. The average Bonchev–Trinajstić information content (AvgIpc) is 3.09. The molecule has 2 rings (SSSR count). The van der Waals surface area contributed by atoms with Crippen LogP contribution in [0.2, 0.25) is 0 Å².